The van der Waals surface area contributed by atoms with Crippen molar-refractivity contribution in [2.75, 3.05) is 19.0 Å². The van der Waals surface area contributed by atoms with Gasteiger partial charge in [-0.05, 0) is 42.3 Å². The van der Waals surface area contributed by atoms with E-state index in [1.54, 1.807) is 19.1 Å². The fourth-order valence-corrected chi connectivity index (χ4v) is 3.19. The van der Waals surface area contributed by atoms with Crippen LogP contribution in [-0.4, -0.2) is 52.9 Å². The minimum absolute atomic E-state index is 0.0821. The molecular weight excluding hydrogens is 458 g/mol. The number of aryl methyl sites for hydroxylation is 1. The van der Waals surface area contributed by atoms with E-state index in [0.29, 0.717) is 11.1 Å². The van der Waals surface area contributed by atoms with Gasteiger partial charge in [-0.1, -0.05) is 11.6 Å². The molecular formula is C21H19ClF2N6O3. The third-order valence-corrected chi connectivity index (χ3v) is 4.75. The number of aromatic nitrogens is 3. The quantitative estimate of drug-likeness (QED) is 0.430. The Morgan fingerprint density at radius 3 is 2.70 bits per heavy atom. The summed E-state index contributed by atoms with van der Waals surface area (Å²) in [5.74, 6) is -1.34. The third-order valence-electron chi connectivity index (χ3n) is 4.45. The van der Waals surface area contributed by atoms with E-state index in [-0.39, 0.29) is 33.7 Å². The van der Waals surface area contributed by atoms with Crippen LogP contribution in [0.4, 0.5) is 14.5 Å². The summed E-state index contributed by atoms with van der Waals surface area (Å²) >= 11 is 6.19. The Kier molecular flexibility index (Phi) is 7.34. The largest absolute Gasteiger partial charge is 0.471 e. The summed E-state index contributed by atoms with van der Waals surface area (Å²) in [6, 6.07) is 7.35. The molecule has 3 N–H and O–H groups in total. The Balaban J connectivity index is 2.06. The van der Waals surface area contributed by atoms with Gasteiger partial charge < -0.3 is 20.8 Å². The summed E-state index contributed by atoms with van der Waals surface area (Å²) in [5.41, 5.74) is 1.23. The third kappa shape index (κ3) is 5.32. The van der Waals surface area contributed by atoms with Crippen molar-refractivity contribution in [3.8, 4) is 11.7 Å². The number of carbonyl (C=O) groups is 2. The zero-order valence-corrected chi connectivity index (χ0v) is 18.3. The Hall–Kier alpha value is -3.86. The number of ether oxygens (including phenoxy) is 1. The molecule has 0 aliphatic heterocycles. The highest BCUT2D eigenvalue weighted by atomic mass is 35.5. The molecule has 0 saturated heterocycles. The first kappa shape index (κ1) is 23.8. The highest BCUT2D eigenvalue weighted by Gasteiger charge is 2.23. The number of rotatable bonds is 8. The maximum absolute atomic E-state index is 13.2. The smallest absolute Gasteiger partial charge is 0.274 e. The van der Waals surface area contributed by atoms with Crippen LogP contribution in [0.1, 0.15) is 32.0 Å². The maximum Gasteiger partial charge on any atom is 0.274 e. The van der Waals surface area contributed by atoms with Crippen molar-refractivity contribution in [2.24, 2.45) is 0 Å². The minimum Gasteiger partial charge on any atom is -0.471 e. The lowest BCUT2D eigenvalue weighted by Gasteiger charge is -2.15. The number of hydrogen-bond acceptors (Lipinski definition) is 6. The molecule has 3 rings (SSSR count). The van der Waals surface area contributed by atoms with Crippen molar-refractivity contribution >= 4 is 35.3 Å². The molecule has 0 spiro atoms. The molecule has 2 aromatic heterocycles. The summed E-state index contributed by atoms with van der Waals surface area (Å²) in [7, 11) is 1.44. The molecule has 0 aliphatic carbocycles. The van der Waals surface area contributed by atoms with Crippen LogP contribution < -0.4 is 15.4 Å². The van der Waals surface area contributed by atoms with Crippen molar-refractivity contribution in [1.29, 1.82) is 5.41 Å². The second-order valence-corrected chi connectivity index (χ2v) is 7.14. The number of hydrogen-bond donors (Lipinski definition) is 3. The van der Waals surface area contributed by atoms with Gasteiger partial charge in [0.05, 0.1) is 16.3 Å². The van der Waals surface area contributed by atoms with Gasteiger partial charge in [0.1, 0.15) is 5.69 Å². The van der Waals surface area contributed by atoms with Gasteiger partial charge >= 0.3 is 0 Å². The number of carbonyl (C=O) groups excluding carboxylic acids is 2. The van der Waals surface area contributed by atoms with Crippen molar-refractivity contribution in [1.82, 2.24) is 20.1 Å². The minimum atomic E-state index is -2.74. The van der Waals surface area contributed by atoms with Gasteiger partial charge in [0.15, 0.2) is 12.4 Å². The van der Waals surface area contributed by atoms with E-state index in [4.69, 9.17) is 21.7 Å². The topological polar surface area (TPSA) is 122 Å². The average Bonchev–Trinajstić information content (AvgIpc) is 3.22. The lowest BCUT2D eigenvalue weighted by atomic mass is 10.0. The molecule has 12 heteroatoms. The normalized spacial score (nSPS) is 10.7. The summed E-state index contributed by atoms with van der Waals surface area (Å²) < 4.78 is 31.2. The lowest BCUT2D eigenvalue weighted by molar-refractivity contribution is 0.0793. The summed E-state index contributed by atoms with van der Waals surface area (Å²) in [5, 5.41) is 16.8. The first-order valence-corrected chi connectivity index (χ1v) is 9.93. The molecule has 9 nitrogen and oxygen atoms in total. The summed E-state index contributed by atoms with van der Waals surface area (Å²) in [6.45, 7) is 0.748. The van der Waals surface area contributed by atoms with Gasteiger partial charge in [-0.15, -0.1) is 5.10 Å². The first-order chi connectivity index (χ1) is 15.7. The van der Waals surface area contributed by atoms with Gasteiger partial charge in [0.2, 0.25) is 5.88 Å². The molecule has 2 heterocycles. The monoisotopic (exact) mass is 476 g/mol. The van der Waals surface area contributed by atoms with Crippen LogP contribution in [0, 0.1) is 12.3 Å². The molecule has 33 heavy (non-hydrogen) atoms. The van der Waals surface area contributed by atoms with E-state index in [9.17, 15) is 18.4 Å². The maximum atomic E-state index is 13.2. The van der Waals surface area contributed by atoms with Crippen molar-refractivity contribution < 1.29 is 23.1 Å². The number of anilines is 1. The van der Waals surface area contributed by atoms with Crippen molar-refractivity contribution in [3.63, 3.8) is 0 Å². The summed E-state index contributed by atoms with van der Waals surface area (Å²) in [6.07, 6.45) is -0.236. The average molecular weight is 477 g/mol. The van der Waals surface area contributed by atoms with Crippen LogP contribution in [0.3, 0.4) is 0 Å². The van der Waals surface area contributed by atoms with Crippen LogP contribution >= 0.6 is 11.6 Å². The highest BCUT2D eigenvalue weighted by molar-refractivity contribution is 6.32. The van der Waals surface area contributed by atoms with Crippen LogP contribution in [0.25, 0.3) is 5.82 Å². The van der Waals surface area contributed by atoms with Crippen LogP contribution in [0.15, 0.2) is 36.5 Å². The fraction of sp³-hybridized carbons (Fsp3) is 0.190. The fourth-order valence-electron chi connectivity index (χ4n) is 2.99. The van der Waals surface area contributed by atoms with Crippen LogP contribution in [0.2, 0.25) is 5.02 Å². The molecule has 1 aromatic carbocycles. The molecule has 0 fully saturated rings. The van der Waals surface area contributed by atoms with Crippen molar-refractivity contribution in [3.05, 3.63) is 63.9 Å². The molecule has 0 unspecified atom stereocenters. The highest BCUT2D eigenvalue weighted by Crippen LogP contribution is 2.26. The number of alkyl halides is 2. The predicted molar refractivity (Wildman–Crippen MR) is 118 cm³/mol. The van der Waals surface area contributed by atoms with Gasteiger partial charge in [-0.2, -0.15) is 0 Å². The predicted octanol–water partition coefficient (Wildman–Crippen LogP) is 3.48. The van der Waals surface area contributed by atoms with Crippen LogP contribution in [0.5, 0.6) is 5.88 Å². The molecule has 172 valence electrons. The van der Waals surface area contributed by atoms with E-state index in [1.165, 1.54) is 31.4 Å². The lowest BCUT2D eigenvalue weighted by Crippen LogP contribution is -2.24. The number of nitrogens with zero attached hydrogens (tertiary/aromatic N) is 3. The first-order valence-electron chi connectivity index (χ1n) is 9.55. The van der Waals surface area contributed by atoms with Gasteiger partial charge in [-0.3, -0.25) is 9.59 Å². The van der Waals surface area contributed by atoms with Gasteiger partial charge in [-0.25, -0.2) is 18.4 Å². The van der Waals surface area contributed by atoms with Gasteiger partial charge in [0, 0.05) is 25.5 Å². The standard InChI is InChI=1S/C21H19ClF2N6O3/c1-11-6-12(9-25)7-13(20(31)26-2)18(11)28-21(32)15-8-17(33-10-16(23)24)29-30(15)19-14(22)4-3-5-27-19/h3-9,16,25H,10H2,1-2H3,(H,26,31)(H,28,32). The molecule has 0 bridgehead atoms. The molecule has 0 saturated carbocycles. The number of amides is 2. The number of nitrogens with one attached hydrogen (secondary N) is 3. The zero-order chi connectivity index (χ0) is 24.1. The molecule has 0 atom stereocenters. The Bertz CT molecular complexity index is 1210. The molecule has 0 radical (unpaired) electrons. The number of halogens is 3. The second-order valence-electron chi connectivity index (χ2n) is 6.73. The van der Waals surface area contributed by atoms with Gasteiger partial charge in [0.25, 0.3) is 18.2 Å². The number of benzene rings is 1. The Labute approximate surface area is 192 Å². The van der Waals surface area contributed by atoms with E-state index in [1.807, 2.05) is 0 Å². The molecule has 2 amide bonds. The van der Waals surface area contributed by atoms with Crippen LogP contribution in [-0.2, 0) is 0 Å². The molecule has 3 aromatic rings. The van der Waals surface area contributed by atoms with E-state index in [0.717, 1.165) is 10.9 Å². The van der Waals surface area contributed by atoms with Crippen molar-refractivity contribution in [2.45, 2.75) is 13.3 Å². The molecule has 0 aliphatic rings. The SMILES string of the molecule is CNC(=O)c1cc(C=N)cc(C)c1NC(=O)c1cc(OCC(F)F)nn1-c1ncccc1Cl. The summed E-state index contributed by atoms with van der Waals surface area (Å²) in [4.78, 5) is 29.7. The van der Waals surface area contributed by atoms with E-state index >= 15 is 0 Å². The van der Waals surface area contributed by atoms with E-state index < -0.39 is 24.8 Å². The zero-order valence-electron chi connectivity index (χ0n) is 17.5. The van der Waals surface area contributed by atoms with E-state index in [2.05, 4.69) is 20.7 Å². The number of pyridine rings is 1. The second kappa shape index (κ2) is 10.2. The Morgan fingerprint density at radius 2 is 2.06 bits per heavy atom. The Morgan fingerprint density at radius 1 is 1.30 bits per heavy atom.